The van der Waals surface area contributed by atoms with Gasteiger partial charge in [0.1, 0.15) is 22.9 Å². The zero-order valence-electron chi connectivity index (χ0n) is 16.7. The van der Waals surface area contributed by atoms with Crippen LogP contribution in [0.1, 0.15) is 33.1 Å². The predicted molar refractivity (Wildman–Crippen MR) is 113 cm³/mol. The lowest BCUT2D eigenvalue weighted by Gasteiger charge is -2.28. The lowest BCUT2D eigenvalue weighted by molar-refractivity contribution is 0.323. The molecule has 0 bridgehead atoms. The second-order valence-electron chi connectivity index (χ2n) is 8.11. The molecule has 0 saturated heterocycles. The number of aromatic nitrogens is 2. The second-order valence-corrected chi connectivity index (χ2v) is 10.5. The molecule has 1 aromatic heterocycles. The molecule has 166 valence electrons. The van der Waals surface area contributed by atoms with Gasteiger partial charge < -0.3 is 16.8 Å². The molecule has 1 unspecified atom stereocenters. The van der Waals surface area contributed by atoms with E-state index in [4.69, 9.17) is 11.5 Å². The minimum Gasteiger partial charge on any atom is -0.382 e. The van der Waals surface area contributed by atoms with Gasteiger partial charge in [-0.1, -0.05) is 6.92 Å². The minimum absolute atomic E-state index is 0.0178. The van der Waals surface area contributed by atoms with Gasteiger partial charge in [0.25, 0.3) is 10.0 Å². The molecular weight excluding hydrogens is 434 g/mol. The maximum absolute atomic E-state index is 14.5. The molecule has 0 radical (unpaired) electrons. The first-order chi connectivity index (χ1) is 14.0. The predicted octanol–water partition coefficient (Wildman–Crippen LogP) is 2.51. The van der Waals surface area contributed by atoms with Gasteiger partial charge in [-0.3, -0.25) is 4.72 Å². The summed E-state index contributed by atoms with van der Waals surface area (Å²) < 4.78 is 59.4. The van der Waals surface area contributed by atoms with Crippen molar-refractivity contribution in [3.63, 3.8) is 0 Å². The molecule has 0 amide bonds. The number of nitrogens with two attached hydrogens (primary N) is 2. The Kier molecular flexibility index (Phi) is 6.60. The Hall–Kier alpha value is -1.89. The molecule has 1 aliphatic carbocycles. The molecule has 6 N–H and O–H groups in total. The molecule has 30 heavy (non-hydrogen) atoms. The van der Waals surface area contributed by atoms with Gasteiger partial charge in [-0.15, -0.1) is 0 Å². The van der Waals surface area contributed by atoms with Crippen molar-refractivity contribution in [2.75, 3.05) is 16.6 Å². The van der Waals surface area contributed by atoms with Crippen LogP contribution >= 0.6 is 11.5 Å². The van der Waals surface area contributed by atoms with E-state index in [-0.39, 0.29) is 40.8 Å². The fourth-order valence-electron chi connectivity index (χ4n) is 3.16. The molecule has 1 heterocycles. The SMILES string of the molecule is C[C@@H](N)[C@H](CNc1cc(F)c(S(=O)(=O)Nc2ncns2)cc1F)CC(N)C1(C)CC1. The monoisotopic (exact) mass is 460 g/mol. The number of anilines is 2. The summed E-state index contributed by atoms with van der Waals surface area (Å²) in [4.78, 5) is 2.86. The Morgan fingerprint density at radius 2 is 1.97 bits per heavy atom. The highest BCUT2D eigenvalue weighted by Crippen LogP contribution is 2.48. The summed E-state index contributed by atoms with van der Waals surface area (Å²) in [6.07, 6.45) is 3.96. The highest BCUT2D eigenvalue weighted by atomic mass is 32.2. The van der Waals surface area contributed by atoms with Gasteiger partial charge in [0.15, 0.2) is 0 Å². The molecule has 0 aliphatic heterocycles. The molecule has 1 aromatic carbocycles. The third-order valence-electron chi connectivity index (χ3n) is 5.68. The van der Waals surface area contributed by atoms with Crippen molar-refractivity contribution in [1.82, 2.24) is 9.36 Å². The molecule has 3 atom stereocenters. The van der Waals surface area contributed by atoms with Crippen molar-refractivity contribution in [2.45, 2.75) is 50.1 Å². The zero-order chi connectivity index (χ0) is 22.1. The largest absolute Gasteiger partial charge is 0.382 e. The van der Waals surface area contributed by atoms with Gasteiger partial charge in [-0.25, -0.2) is 22.2 Å². The fourth-order valence-corrected chi connectivity index (χ4v) is 4.89. The smallest absolute Gasteiger partial charge is 0.266 e. The van der Waals surface area contributed by atoms with Crippen LogP contribution in [0.3, 0.4) is 0 Å². The van der Waals surface area contributed by atoms with Crippen LogP contribution in [0.25, 0.3) is 0 Å². The average molecular weight is 461 g/mol. The number of rotatable bonds is 10. The van der Waals surface area contributed by atoms with Crippen LogP contribution in [0, 0.1) is 23.0 Å². The molecule has 0 spiro atoms. The van der Waals surface area contributed by atoms with Gasteiger partial charge >= 0.3 is 0 Å². The Morgan fingerprint density at radius 1 is 1.27 bits per heavy atom. The Bertz CT molecular complexity index is 981. The maximum atomic E-state index is 14.5. The number of nitrogens with one attached hydrogen (secondary N) is 2. The summed E-state index contributed by atoms with van der Waals surface area (Å²) in [6, 6.07) is 1.24. The number of benzene rings is 1. The van der Waals surface area contributed by atoms with E-state index >= 15 is 0 Å². The Balaban J connectivity index is 1.71. The number of hydrogen-bond donors (Lipinski definition) is 4. The molecule has 8 nitrogen and oxygen atoms in total. The lowest BCUT2D eigenvalue weighted by atomic mass is 9.86. The summed E-state index contributed by atoms with van der Waals surface area (Å²) in [7, 11) is -4.34. The third kappa shape index (κ3) is 5.23. The van der Waals surface area contributed by atoms with E-state index < -0.39 is 26.6 Å². The molecule has 1 fully saturated rings. The molecule has 1 aliphatic rings. The topological polar surface area (TPSA) is 136 Å². The first-order valence-electron chi connectivity index (χ1n) is 9.55. The normalized spacial score (nSPS) is 18.5. The van der Waals surface area contributed by atoms with Crippen molar-refractivity contribution in [2.24, 2.45) is 22.8 Å². The quantitative estimate of drug-likeness (QED) is 0.428. The summed E-state index contributed by atoms with van der Waals surface area (Å²) >= 11 is 0.780. The van der Waals surface area contributed by atoms with Crippen LogP contribution in [-0.4, -0.2) is 36.4 Å². The first-order valence-corrected chi connectivity index (χ1v) is 11.8. The standard InChI is InChI=1S/C18H26F2N6O2S2/c1-10(21)11(5-16(22)18(2)3-4-18)8-23-14-6-13(20)15(7-12(14)19)30(27,28)26-17-24-9-25-29-17/h6-7,9-11,16,23H,3-5,8,21-22H2,1-2H3,(H,24,25,26)/t10-,11+,16?/m1/s1. The van der Waals surface area contributed by atoms with Crippen molar-refractivity contribution >= 4 is 32.4 Å². The van der Waals surface area contributed by atoms with E-state index in [0.717, 1.165) is 36.8 Å². The van der Waals surface area contributed by atoms with Crippen LogP contribution in [0.5, 0.6) is 0 Å². The summed E-state index contributed by atoms with van der Waals surface area (Å²) in [5, 5.41) is 2.81. The lowest BCUT2D eigenvalue weighted by Crippen LogP contribution is -2.40. The van der Waals surface area contributed by atoms with Crippen LogP contribution in [-0.2, 0) is 10.0 Å². The van der Waals surface area contributed by atoms with Crippen molar-refractivity contribution in [3.8, 4) is 0 Å². The minimum atomic E-state index is -4.34. The van der Waals surface area contributed by atoms with Gasteiger partial charge in [-0.2, -0.15) is 4.37 Å². The van der Waals surface area contributed by atoms with Gasteiger partial charge in [0, 0.05) is 36.2 Å². The summed E-state index contributed by atoms with van der Waals surface area (Å²) in [6.45, 7) is 4.26. The van der Waals surface area contributed by atoms with Crippen LogP contribution in [0.4, 0.5) is 19.6 Å². The molecule has 12 heteroatoms. The third-order valence-corrected chi connectivity index (χ3v) is 7.75. The number of nitrogens with zero attached hydrogens (tertiary/aromatic N) is 2. The number of sulfonamides is 1. The molecular formula is C18H26F2N6O2S2. The van der Waals surface area contributed by atoms with Gasteiger partial charge in [0.2, 0.25) is 5.13 Å². The Morgan fingerprint density at radius 3 is 2.53 bits per heavy atom. The Labute approximate surface area is 178 Å². The highest BCUT2D eigenvalue weighted by Gasteiger charge is 2.43. The number of hydrogen-bond acceptors (Lipinski definition) is 8. The summed E-state index contributed by atoms with van der Waals surface area (Å²) in [5.41, 5.74) is 12.3. The second kappa shape index (κ2) is 8.69. The highest BCUT2D eigenvalue weighted by molar-refractivity contribution is 7.93. The van der Waals surface area contributed by atoms with Crippen molar-refractivity contribution in [1.29, 1.82) is 0 Å². The van der Waals surface area contributed by atoms with E-state index in [9.17, 15) is 17.2 Å². The fraction of sp³-hybridized carbons (Fsp3) is 0.556. The van der Waals surface area contributed by atoms with Gasteiger partial charge in [0.05, 0.1) is 5.69 Å². The van der Waals surface area contributed by atoms with Gasteiger partial charge in [-0.05, 0) is 43.6 Å². The van der Waals surface area contributed by atoms with E-state index in [1.807, 2.05) is 6.92 Å². The van der Waals surface area contributed by atoms with E-state index in [1.165, 1.54) is 0 Å². The average Bonchev–Trinajstić information content (AvgIpc) is 3.21. The van der Waals surface area contributed by atoms with Crippen molar-refractivity contribution < 1.29 is 17.2 Å². The van der Waals surface area contributed by atoms with E-state index in [2.05, 4.69) is 26.3 Å². The molecule has 2 aromatic rings. The summed E-state index contributed by atoms with van der Waals surface area (Å²) in [5.74, 6) is -2.03. The maximum Gasteiger partial charge on any atom is 0.266 e. The molecule has 3 rings (SSSR count). The zero-order valence-corrected chi connectivity index (χ0v) is 18.4. The van der Waals surface area contributed by atoms with E-state index in [0.29, 0.717) is 12.5 Å². The number of halogens is 2. The van der Waals surface area contributed by atoms with Crippen molar-refractivity contribution in [3.05, 3.63) is 30.1 Å². The van der Waals surface area contributed by atoms with Crippen LogP contribution < -0.4 is 21.5 Å². The first kappa shape index (κ1) is 22.8. The molecule has 1 saturated carbocycles. The van der Waals surface area contributed by atoms with Crippen LogP contribution in [0.15, 0.2) is 23.4 Å². The van der Waals surface area contributed by atoms with Crippen LogP contribution in [0.2, 0.25) is 0 Å². The van der Waals surface area contributed by atoms with E-state index in [1.54, 1.807) is 0 Å².